The zero-order valence-corrected chi connectivity index (χ0v) is 12.4. The van der Waals surface area contributed by atoms with Crippen molar-refractivity contribution in [1.82, 2.24) is 10.2 Å². The number of hydrogen-bond acceptors (Lipinski definition) is 3. The van der Waals surface area contributed by atoms with Crippen molar-refractivity contribution in [2.24, 2.45) is 5.92 Å². The van der Waals surface area contributed by atoms with E-state index in [1.165, 1.54) is 0 Å². The van der Waals surface area contributed by atoms with E-state index in [0.717, 1.165) is 19.3 Å². The van der Waals surface area contributed by atoms with Crippen molar-refractivity contribution in [1.29, 1.82) is 0 Å². The molecule has 1 fully saturated rings. The maximum absolute atomic E-state index is 12.1. The monoisotopic (exact) mass is 270 g/mol. The summed E-state index contributed by atoms with van der Waals surface area (Å²) in [5, 5.41) is 2.65. The highest BCUT2D eigenvalue weighted by molar-refractivity contribution is 5.69. The molecule has 0 aromatic carbocycles. The Bertz CT molecular complexity index is 308. The van der Waals surface area contributed by atoms with Gasteiger partial charge in [-0.3, -0.25) is 4.79 Å². The first-order chi connectivity index (χ1) is 8.83. The highest BCUT2D eigenvalue weighted by Crippen LogP contribution is 2.29. The van der Waals surface area contributed by atoms with Crippen LogP contribution in [0.4, 0.5) is 4.79 Å². The second kappa shape index (κ2) is 6.78. The molecule has 1 unspecified atom stereocenters. The van der Waals surface area contributed by atoms with E-state index in [1.54, 1.807) is 0 Å². The largest absolute Gasteiger partial charge is 0.444 e. The fourth-order valence-corrected chi connectivity index (χ4v) is 1.90. The summed E-state index contributed by atoms with van der Waals surface area (Å²) in [4.78, 5) is 24.2. The lowest BCUT2D eigenvalue weighted by Gasteiger charge is -2.29. The quantitative estimate of drug-likeness (QED) is 0.569. The van der Waals surface area contributed by atoms with Gasteiger partial charge in [0.15, 0.2) is 0 Å². The molecule has 5 nitrogen and oxygen atoms in total. The number of ether oxygens (including phenoxy) is 1. The highest BCUT2D eigenvalue weighted by atomic mass is 16.6. The molecule has 0 aliphatic heterocycles. The van der Waals surface area contributed by atoms with Gasteiger partial charge in [-0.05, 0) is 46.0 Å². The molecule has 1 atom stereocenters. The fraction of sp³-hybridized carbons (Fsp3) is 0.857. The molecule has 0 radical (unpaired) electrons. The van der Waals surface area contributed by atoms with Crippen LogP contribution in [-0.4, -0.2) is 42.1 Å². The van der Waals surface area contributed by atoms with Crippen molar-refractivity contribution < 1.29 is 14.3 Å². The van der Waals surface area contributed by atoms with Gasteiger partial charge in [-0.15, -0.1) is 0 Å². The lowest BCUT2D eigenvalue weighted by Crippen LogP contribution is -2.41. The normalized spacial score (nSPS) is 16.6. The molecule has 0 spiro atoms. The number of carbonyl (C=O) groups is 2. The first-order valence-corrected chi connectivity index (χ1v) is 7.00. The maximum atomic E-state index is 12.1. The van der Waals surface area contributed by atoms with Gasteiger partial charge in [-0.25, -0.2) is 4.79 Å². The minimum Gasteiger partial charge on any atom is -0.444 e. The van der Waals surface area contributed by atoms with Crippen molar-refractivity contribution >= 4 is 12.5 Å². The Morgan fingerprint density at radius 1 is 1.47 bits per heavy atom. The number of nitrogens with one attached hydrogen (secondary N) is 1. The van der Waals surface area contributed by atoms with Gasteiger partial charge in [0, 0.05) is 19.1 Å². The lowest BCUT2D eigenvalue weighted by molar-refractivity contribution is -0.109. The van der Waals surface area contributed by atoms with Crippen molar-refractivity contribution in [3.63, 3.8) is 0 Å². The van der Waals surface area contributed by atoms with E-state index in [1.807, 2.05) is 25.7 Å². The second-order valence-corrected chi connectivity index (χ2v) is 6.33. The van der Waals surface area contributed by atoms with Gasteiger partial charge >= 0.3 is 6.09 Å². The summed E-state index contributed by atoms with van der Waals surface area (Å²) in [6.45, 7) is 9.08. The molecule has 1 aliphatic rings. The van der Waals surface area contributed by atoms with Crippen LogP contribution in [-0.2, 0) is 9.53 Å². The molecule has 0 aromatic rings. The highest BCUT2D eigenvalue weighted by Gasteiger charge is 2.35. The third-order valence-corrected chi connectivity index (χ3v) is 2.99. The summed E-state index contributed by atoms with van der Waals surface area (Å²) < 4.78 is 5.44. The third-order valence-electron chi connectivity index (χ3n) is 2.99. The standard InChI is InChI=1S/C14H26N2O3/c1-11(7-8-15-10-17)9-16(12-5-6-12)13(18)19-14(2,3)4/h10-12H,5-9H2,1-4H3,(H,15,17). The van der Waals surface area contributed by atoms with Crippen LogP contribution in [0.3, 0.4) is 0 Å². The van der Waals surface area contributed by atoms with Crippen LogP contribution < -0.4 is 5.32 Å². The van der Waals surface area contributed by atoms with Crippen molar-refractivity contribution in [2.75, 3.05) is 13.1 Å². The zero-order chi connectivity index (χ0) is 14.5. The molecule has 0 saturated heterocycles. The van der Waals surface area contributed by atoms with Crippen molar-refractivity contribution in [3.8, 4) is 0 Å². The molecule has 0 aromatic heterocycles. The predicted octanol–water partition coefficient (Wildman–Crippen LogP) is 2.16. The maximum Gasteiger partial charge on any atom is 0.410 e. The first-order valence-electron chi connectivity index (χ1n) is 7.00. The molecule has 2 amide bonds. The third kappa shape index (κ3) is 6.45. The number of amides is 2. The van der Waals surface area contributed by atoms with E-state index < -0.39 is 5.60 Å². The van der Waals surface area contributed by atoms with Crippen LogP contribution in [0.5, 0.6) is 0 Å². The van der Waals surface area contributed by atoms with Gasteiger partial charge in [0.05, 0.1) is 0 Å². The number of carbonyl (C=O) groups excluding carboxylic acids is 2. The summed E-state index contributed by atoms with van der Waals surface area (Å²) in [6.07, 6.45) is 3.49. The average Bonchev–Trinajstić information content (AvgIpc) is 3.07. The van der Waals surface area contributed by atoms with Crippen LogP contribution in [0.1, 0.15) is 47.0 Å². The number of rotatable bonds is 7. The fourth-order valence-electron chi connectivity index (χ4n) is 1.90. The van der Waals surface area contributed by atoms with Crippen LogP contribution >= 0.6 is 0 Å². The van der Waals surface area contributed by atoms with E-state index in [9.17, 15) is 9.59 Å². The molecule has 110 valence electrons. The zero-order valence-electron chi connectivity index (χ0n) is 12.4. The Balaban J connectivity index is 2.44. The van der Waals surface area contributed by atoms with Crippen LogP contribution in [0.2, 0.25) is 0 Å². The van der Waals surface area contributed by atoms with Gasteiger partial charge in [0.2, 0.25) is 6.41 Å². The van der Waals surface area contributed by atoms with E-state index in [-0.39, 0.29) is 6.09 Å². The van der Waals surface area contributed by atoms with Crippen LogP contribution in [0, 0.1) is 5.92 Å². The molecule has 19 heavy (non-hydrogen) atoms. The Morgan fingerprint density at radius 2 is 2.11 bits per heavy atom. The summed E-state index contributed by atoms with van der Waals surface area (Å²) in [5.41, 5.74) is -0.452. The molecule has 5 heteroatoms. The summed E-state index contributed by atoms with van der Waals surface area (Å²) in [5.74, 6) is 0.348. The topological polar surface area (TPSA) is 58.6 Å². The van der Waals surface area contributed by atoms with E-state index in [4.69, 9.17) is 4.74 Å². The first kappa shape index (κ1) is 15.8. The molecule has 1 aliphatic carbocycles. The summed E-state index contributed by atoms with van der Waals surface area (Å²) >= 11 is 0. The molecule has 1 N–H and O–H groups in total. The SMILES string of the molecule is CC(CCNC=O)CN(C(=O)OC(C)(C)C)C1CC1. The van der Waals surface area contributed by atoms with E-state index in [2.05, 4.69) is 12.2 Å². The molecule has 0 bridgehead atoms. The van der Waals surface area contributed by atoms with Crippen LogP contribution in [0.15, 0.2) is 0 Å². The number of nitrogens with zero attached hydrogens (tertiary/aromatic N) is 1. The minimum atomic E-state index is -0.452. The van der Waals surface area contributed by atoms with Gasteiger partial charge in [0.25, 0.3) is 0 Å². The predicted molar refractivity (Wildman–Crippen MR) is 73.8 cm³/mol. The summed E-state index contributed by atoms with van der Waals surface area (Å²) in [7, 11) is 0. The van der Waals surface area contributed by atoms with Gasteiger partial charge in [-0.2, -0.15) is 0 Å². The number of hydrogen-bond donors (Lipinski definition) is 1. The Labute approximate surface area is 115 Å². The molecule has 0 heterocycles. The molecular formula is C14H26N2O3. The minimum absolute atomic E-state index is 0.217. The van der Waals surface area contributed by atoms with Gasteiger partial charge in [0.1, 0.15) is 5.60 Å². The molecular weight excluding hydrogens is 244 g/mol. The second-order valence-electron chi connectivity index (χ2n) is 6.33. The van der Waals surface area contributed by atoms with Crippen LogP contribution in [0.25, 0.3) is 0 Å². The Kier molecular flexibility index (Phi) is 5.63. The van der Waals surface area contributed by atoms with Crippen molar-refractivity contribution in [2.45, 2.75) is 58.6 Å². The Hall–Kier alpha value is -1.26. The van der Waals surface area contributed by atoms with Crippen molar-refractivity contribution in [3.05, 3.63) is 0 Å². The average molecular weight is 270 g/mol. The molecule has 1 rings (SSSR count). The smallest absolute Gasteiger partial charge is 0.410 e. The van der Waals surface area contributed by atoms with Gasteiger partial charge < -0.3 is 15.0 Å². The lowest BCUT2D eigenvalue weighted by atomic mass is 10.1. The Morgan fingerprint density at radius 3 is 2.58 bits per heavy atom. The molecule has 1 saturated carbocycles. The van der Waals surface area contributed by atoms with E-state index >= 15 is 0 Å². The van der Waals surface area contributed by atoms with Gasteiger partial charge in [-0.1, -0.05) is 6.92 Å². The van der Waals surface area contributed by atoms with E-state index in [0.29, 0.717) is 31.5 Å². The summed E-state index contributed by atoms with van der Waals surface area (Å²) in [6, 6.07) is 0.344.